The van der Waals surface area contributed by atoms with Gasteiger partial charge in [-0.1, -0.05) is 41.5 Å². The average Bonchev–Trinajstić information content (AvgIpc) is 3.03. The molecule has 23 heavy (non-hydrogen) atoms. The first kappa shape index (κ1) is 15.3. The van der Waals surface area contributed by atoms with Gasteiger partial charge in [-0.15, -0.1) is 16.9 Å². The second kappa shape index (κ2) is 7.11. The van der Waals surface area contributed by atoms with Crippen LogP contribution in [0.1, 0.15) is 5.56 Å². The van der Waals surface area contributed by atoms with Crippen molar-refractivity contribution in [2.75, 3.05) is 11.1 Å². The van der Waals surface area contributed by atoms with Crippen molar-refractivity contribution in [2.24, 2.45) is 0 Å². The van der Waals surface area contributed by atoms with E-state index < -0.39 is 0 Å². The molecule has 0 saturated carbocycles. The Bertz CT molecular complexity index is 802. The van der Waals surface area contributed by atoms with Gasteiger partial charge in [0, 0.05) is 10.5 Å². The van der Waals surface area contributed by atoms with Crippen molar-refractivity contribution in [2.45, 2.75) is 11.8 Å². The van der Waals surface area contributed by atoms with E-state index in [1.807, 2.05) is 61.5 Å². The first-order valence-electron chi connectivity index (χ1n) is 7.09. The molecule has 1 amide bonds. The summed E-state index contributed by atoms with van der Waals surface area (Å²) in [5, 5.41) is 10.4. The van der Waals surface area contributed by atoms with Crippen molar-refractivity contribution in [3.8, 4) is 11.5 Å². The molecule has 0 fully saturated rings. The number of carbonyl (C=O) groups is 1. The van der Waals surface area contributed by atoms with Crippen LogP contribution in [0.4, 0.5) is 6.01 Å². The average molecular weight is 325 g/mol. The highest BCUT2D eigenvalue weighted by atomic mass is 32.2. The van der Waals surface area contributed by atoms with Crippen LogP contribution in [-0.4, -0.2) is 21.9 Å². The Kier molecular flexibility index (Phi) is 4.73. The van der Waals surface area contributed by atoms with Crippen LogP contribution in [-0.2, 0) is 4.79 Å². The number of anilines is 1. The lowest BCUT2D eigenvalue weighted by molar-refractivity contribution is -0.113. The van der Waals surface area contributed by atoms with Gasteiger partial charge in [-0.3, -0.25) is 10.1 Å². The van der Waals surface area contributed by atoms with Gasteiger partial charge in [0.1, 0.15) is 0 Å². The Morgan fingerprint density at radius 1 is 1.09 bits per heavy atom. The third-order valence-electron chi connectivity index (χ3n) is 3.14. The van der Waals surface area contributed by atoms with Gasteiger partial charge in [-0.2, -0.15) is 0 Å². The fraction of sp³-hybridized carbons (Fsp3) is 0.118. The molecule has 5 nitrogen and oxygen atoms in total. The second-order valence-electron chi connectivity index (χ2n) is 4.88. The van der Waals surface area contributed by atoms with Gasteiger partial charge in [-0.25, -0.2) is 0 Å². The molecule has 2 aromatic carbocycles. The Morgan fingerprint density at radius 3 is 2.61 bits per heavy atom. The lowest BCUT2D eigenvalue weighted by atomic mass is 10.2. The number of thioether (sulfide) groups is 1. The highest BCUT2D eigenvalue weighted by Gasteiger charge is 2.11. The number of aryl methyl sites for hydroxylation is 1. The fourth-order valence-corrected chi connectivity index (χ4v) is 2.82. The summed E-state index contributed by atoms with van der Waals surface area (Å²) in [6.07, 6.45) is 0. The van der Waals surface area contributed by atoms with Gasteiger partial charge in [0.05, 0.1) is 5.75 Å². The summed E-state index contributed by atoms with van der Waals surface area (Å²) in [5.74, 6) is 0.488. The first-order chi connectivity index (χ1) is 11.2. The molecule has 0 aliphatic rings. The molecule has 0 aliphatic carbocycles. The third kappa shape index (κ3) is 3.98. The van der Waals surface area contributed by atoms with Crippen LogP contribution >= 0.6 is 11.8 Å². The third-order valence-corrected chi connectivity index (χ3v) is 4.32. The lowest BCUT2D eigenvalue weighted by Gasteiger charge is -2.04. The first-order valence-corrected chi connectivity index (χ1v) is 8.08. The summed E-state index contributed by atoms with van der Waals surface area (Å²) in [6.45, 7) is 2.02. The van der Waals surface area contributed by atoms with Crippen molar-refractivity contribution in [3.05, 3.63) is 60.2 Å². The predicted molar refractivity (Wildman–Crippen MR) is 90.3 cm³/mol. The van der Waals surface area contributed by atoms with E-state index in [1.165, 1.54) is 11.8 Å². The van der Waals surface area contributed by atoms with Crippen LogP contribution in [0.15, 0.2) is 63.9 Å². The standard InChI is InChI=1S/C17H15N3O2S/c1-12-7-5-6-10-14(12)23-11-15(21)18-17-20-19-16(22-17)13-8-3-2-4-9-13/h2-10H,11H2,1H3,(H,18,20,21). The van der Waals surface area contributed by atoms with Gasteiger partial charge in [-0.05, 0) is 30.7 Å². The molecule has 1 N–H and O–H groups in total. The largest absolute Gasteiger partial charge is 0.403 e. The minimum absolute atomic E-state index is 0.110. The Labute approximate surface area is 138 Å². The highest BCUT2D eigenvalue weighted by molar-refractivity contribution is 8.00. The topological polar surface area (TPSA) is 68.0 Å². The molecule has 1 heterocycles. The molecule has 0 saturated heterocycles. The van der Waals surface area contributed by atoms with Crippen LogP contribution in [0.5, 0.6) is 0 Å². The number of nitrogens with one attached hydrogen (secondary N) is 1. The number of rotatable bonds is 5. The summed E-state index contributed by atoms with van der Waals surface area (Å²) in [6, 6.07) is 17.5. The highest BCUT2D eigenvalue weighted by Crippen LogP contribution is 2.22. The predicted octanol–water partition coefficient (Wildman–Crippen LogP) is 3.78. The van der Waals surface area contributed by atoms with Gasteiger partial charge in [0.25, 0.3) is 0 Å². The van der Waals surface area contributed by atoms with E-state index in [0.29, 0.717) is 5.89 Å². The van der Waals surface area contributed by atoms with Crippen LogP contribution in [0.3, 0.4) is 0 Å². The van der Waals surface area contributed by atoms with Crippen molar-refractivity contribution in [1.82, 2.24) is 10.2 Å². The molecule has 0 atom stereocenters. The van der Waals surface area contributed by atoms with Crippen molar-refractivity contribution in [3.63, 3.8) is 0 Å². The van der Waals surface area contributed by atoms with Gasteiger partial charge < -0.3 is 4.42 Å². The maximum atomic E-state index is 12.0. The molecule has 1 aromatic heterocycles. The maximum absolute atomic E-state index is 12.0. The summed E-state index contributed by atoms with van der Waals surface area (Å²) in [4.78, 5) is 13.1. The van der Waals surface area contributed by atoms with Crippen LogP contribution in [0.2, 0.25) is 0 Å². The Balaban J connectivity index is 1.58. The van der Waals surface area contributed by atoms with Gasteiger partial charge in [0.15, 0.2) is 0 Å². The van der Waals surface area contributed by atoms with E-state index >= 15 is 0 Å². The molecule has 0 unspecified atom stereocenters. The number of hydrogen-bond acceptors (Lipinski definition) is 5. The summed E-state index contributed by atoms with van der Waals surface area (Å²) < 4.78 is 5.45. The quantitative estimate of drug-likeness (QED) is 0.723. The minimum atomic E-state index is -0.179. The van der Waals surface area contributed by atoms with Crippen LogP contribution in [0, 0.1) is 6.92 Å². The zero-order valence-electron chi connectivity index (χ0n) is 12.5. The number of nitrogens with zero attached hydrogens (tertiary/aromatic N) is 2. The molecule has 3 rings (SSSR count). The molecule has 0 bridgehead atoms. The lowest BCUT2D eigenvalue weighted by Crippen LogP contribution is -2.14. The van der Waals surface area contributed by atoms with E-state index in [0.717, 1.165) is 16.0 Å². The fourth-order valence-electron chi connectivity index (χ4n) is 1.99. The van der Waals surface area contributed by atoms with Crippen molar-refractivity contribution >= 4 is 23.7 Å². The van der Waals surface area contributed by atoms with Crippen LogP contribution < -0.4 is 5.32 Å². The Morgan fingerprint density at radius 2 is 1.83 bits per heavy atom. The van der Waals surface area contributed by atoms with Gasteiger partial charge in [0.2, 0.25) is 11.8 Å². The summed E-state index contributed by atoms with van der Waals surface area (Å²) in [5.41, 5.74) is 1.96. The molecular formula is C17H15N3O2S. The van der Waals surface area contributed by atoms with E-state index in [4.69, 9.17) is 4.42 Å². The van der Waals surface area contributed by atoms with Gasteiger partial charge >= 0.3 is 6.01 Å². The van der Waals surface area contributed by atoms with E-state index in [2.05, 4.69) is 15.5 Å². The molecule has 3 aromatic rings. The summed E-state index contributed by atoms with van der Waals surface area (Å²) in [7, 11) is 0. The zero-order valence-corrected chi connectivity index (χ0v) is 13.3. The van der Waals surface area contributed by atoms with Crippen molar-refractivity contribution < 1.29 is 9.21 Å². The number of carbonyl (C=O) groups excluding carboxylic acids is 1. The normalized spacial score (nSPS) is 10.5. The van der Waals surface area contributed by atoms with Crippen molar-refractivity contribution in [1.29, 1.82) is 0 Å². The second-order valence-corrected chi connectivity index (χ2v) is 5.90. The minimum Gasteiger partial charge on any atom is -0.403 e. The number of amides is 1. The van der Waals surface area contributed by atoms with E-state index in [1.54, 1.807) is 0 Å². The molecule has 0 spiro atoms. The number of aromatic nitrogens is 2. The van der Waals surface area contributed by atoms with E-state index in [9.17, 15) is 4.79 Å². The number of hydrogen-bond donors (Lipinski definition) is 1. The monoisotopic (exact) mass is 325 g/mol. The summed E-state index contributed by atoms with van der Waals surface area (Å²) >= 11 is 1.48. The molecule has 0 aliphatic heterocycles. The Hall–Kier alpha value is -2.60. The zero-order chi connectivity index (χ0) is 16.1. The number of benzene rings is 2. The molecular weight excluding hydrogens is 310 g/mol. The maximum Gasteiger partial charge on any atom is 0.322 e. The molecule has 0 radical (unpaired) electrons. The molecule has 6 heteroatoms. The van der Waals surface area contributed by atoms with Crippen LogP contribution in [0.25, 0.3) is 11.5 Å². The molecule has 116 valence electrons. The van der Waals surface area contributed by atoms with E-state index in [-0.39, 0.29) is 17.7 Å². The smallest absolute Gasteiger partial charge is 0.322 e. The SMILES string of the molecule is Cc1ccccc1SCC(=O)Nc1nnc(-c2ccccc2)o1.